The minimum atomic E-state index is -0.0100. The van der Waals surface area contributed by atoms with Gasteiger partial charge in [-0.15, -0.1) is 11.3 Å². The van der Waals surface area contributed by atoms with Crippen molar-refractivity contribution in [2.24, 2.45) is 0 Å². The minimum absolute atomic E-state index is 0.0100. The average Bonchev–Trinajstić information content (AvgIpc) is 2.96. The van der Waals surface area contributed by atoms with Gasteiger partial charge in [-0.25, -0.2) is 0 Å². The number of carbonyl (C=O) groups excluding carboxylic acids is 2. The summed E-state index contributed by atoms with van der Waals surface area (Å²) < 4.78 is 0. The third-order valence-electron chi connectivity index (χ3n) is 4.63. The van der Waals surface area contributed by atoms with Gasteiger partial charge in [0.25, 0.3) is 5.91 Å². The molecule has 3 rings (SSSR count). The maximum Gasteiger partial charge on any atom is 0.265 e. The lowest BCUT2D eigenvalue weighted by Crippen LogP contribution is -2.40. The molecule has 7 heteroatoms. The van der Waals surface area contributed by atoms with E-state index in [0.29, 0.717) is 42.6 Å². The summed E-state index contributed by atoms with van der Waals surface area (Å²) >= 11 is 7.46. The van der Waals surface area contributed by atoms with E-state index in [1.165, 1.54) is 16.9 Å². The summed E-state index contributed by atoms with van der Waals surface area (Å²) in [6, 6.07) is 11.9. The molecule has 0 radical (unpaired) electrons. The predicted molar refractivity (Wildman–Crippen MR) is 109 cm³/mol. The van der Waals surface area contributed by atoms with Gasteiger partial charge in [-0.2, -0.15) is 0 Å². The van der Waals surface area contributed by atoms with Crippen LogP contribution in [0, 0.1) is 0 Å². The highest BCUT2D eigenvalue weighted by atomic mass is 35.5. The molecular formula is C20H24ClN3O2S. The number of hydrogen-bond acceptors (Lipinski definition) is 4. The number of nitrogens with one attached hydrogen (secondary N) is 1. The quantitative estimate of drug-likeness (QED) is 0.803. The predicted octanol–water partition coefficient (Wildman–Crippen LogP) is 2.91. The van der Waals surface area contributed by atoms with Crippen LogP contribution in [0.3, 0.4) is 0 Å². The summed E-state index contributed by atoms with van der Waals surface area (Å²) in [5, 5.41) is 5.34. The van der Waals surface area contributed by atoms with E-state index < -0.39 is 0 Å². The average molecular weight is 406 g/mol. The molecule has 1 aromatic heterocycles. The van der Waals surface area contributed by atoms with Crippen molar-refractivity contribution in [2.45, 2.75) is 12.8 Å². The van der Waals surface area contributed by atoms with E-state index in [4.69, 9.17) is 11.6 Å². The monoisotopic (exact) mass is 405 g/mol. The van der Waals surface area contributed by atoms with E-state index in [1.807, 2.05) is 28.5 Å². The maximum atomic E-state index is 12.6. The highest BCUT2D eigenvalue weighted by Gasteiger charge is 2.23. The Morgan fingerprint density at radius 3 is 2.63 bits per heavy atom. The lowest BCUT2D eigenvalue weighted by atomic mass is 10.1. The van der Waals surface area contributed by atoms with Crippen molar-refractivity contribution in [3.63, 3.8) is 0 Å². The molecule has 144 valence electrons. The highest BCUT2D eigenvalue weighted by molar-refractivity contribution is 7.12. The topological polar surface area (TPSA) is 52.7 Å². The van der Waals surface area contributed by atoms with E-state index in [9.17, 15) is 9.59 Å². The van der Waals surface area contributed by atoms with Crippen LogP contribution in [0.15, 0.2) is 41.8 Å². The molecule has 1 N–H and O–H groups in total. The molecule has 5 nitrogen and oxygen atoms in total. The first kappa shape index (κ1) is 19.9. The molecule has 1 aromatic carbocycles. The Morgan fingerprint density at radius 1 is 1.07 bits per heavy atom. The molecule has 2 heterocycles. The van der Waals surface area contributed by atoms with Crippen LogP contribution in [0.4, 0.5) is 0 Å². The number of benzene rings is 1. The number of hydrogen-bond donors (Lipinski definition) is 1. The molecule has 0 bridgehead atoms. The Morgan fingerprint density at radius 2 is 1.89 bits per heavy atom. The van der Waals surface area contributed by atoms with E-state index in [1.54, 1.807) is 6.07 Å². The minimum Gasteiger partial charge on any atom is -0.355 e. The molecule has 1 aliphatic rings. The largest absolute Gasteiger partial charge is 0.355 e. The van der Waals surface area contributed by atoms with Crippen LogP contribution < -0.4 is 5.32 Å². The summed E-state index contributed by atoms with van der Waals surface area (Å²) in [4.78, 5) is 29.4. The van der Waals surface area contributed by atoms with Crippen molar-refractivity contribution >= 4 is 34.8 Å². The van der Waals surface area contributed by atoms with Crippen LogP contribution in [-0.2, 0) is 11.2 Å². The van der Waals surface area contributed by atoms with Crippen LogP contribution >= 0.6 is 22.9 Å². The number of amides is 2. The summed E-state index contributed by atoms with van der Waals surface area (Å²) in [6.07, 6.45) is 1.68. The molecule has 0 unspecified atom stereocenters. The molecule has 1 aliphatic heterocycles. The Kier molecular flexibility index (Phi) is 7.26. The van der Waals surface area contributed by atoms with Gasteiger partial charge in [0.2, 0.25) is 5.91 Å². The zero-order chi connectivity index (χ0) is 19.1. The number of carbonyl (C=O) groups is 2. The molecule has 2 aromatic rings. The third-order valence-corrected chi connectivity index (χ3v) is 5.96. The van der Waals surface area contributed by atoms with Gasteiger partial charge in [-0.1, -0.05) is 41.9 Å². The van der Waals surface area contributed by atoms with Crippen LogP contribution in [0.25, 0.3) is 0 Å². The molecule has 0 spiro atoms. The number of nitrogens with zero attached hydrogens (tertiary/aromatic N) is 2. The van der Waals surface area contributed by atoms with Crippen LogP contribution in [0.1, 0.15) is 21.7 Å². The summed E-state index contributed by atoms with van der Waals surface area (Å²) in [7, 11) is 0. The molecule has 1 fully saturated rings. The first-order valence-electron chi connectivity index (χ1n) is 9.19. The van der Waals surface area contributed by atoms with Gasteiger partial charge in [0.05, 0.1) is 11.6 Å². The smallest absolute Gasteiger partial charge is 0.265 e. The standard InChI is InChI=1S/C20H24ClN3O2S/c21-17-8-14-27-19(17)20(26)24-11-4-10-23(12-13-24)15-18(25)22-9-7-16-5-2-1-3-6-16/h1-3,5-6,8,14H,4,7,9-13,15H2,(H,22,25). The Labute approximate surface area is 168 Å². The Balaban J connectivity index is 1.42. The Bertz CT molecular complexity index is 766. The van der Waals surface area contributed by atoms with Gasteiger partial charge in [0.1, 0.15) is 4.88 Å². The SMILES string of the molecule is O=C(CN1CCCN(C(=O)c2sccc2Cl)CC1)NCCc1ccccc1. The fourth-order valence-corrected chi connectivity index (χ4v) is 4.27. The van der Waals surface area contributed by atoms with Crippen LogP contribution in [0.2, 0.25) is 5.02 Å². The van der Waals surface area contributed by atoms with Gasteiger partial charge < -0.3 is 10.2 Å². The molecule has 0 atom stereocenters. The van der Waals surface area contributed by atoms with Crippen molar-refractivity contribution in [2.75, 3.05) is 39.3 Å². The zero-order valence-corrected chi connectivity index (χ0v) is 16.8. The second-order valence-corrected chi connectivity index (χ2v) is 7.93. The van der Waals surface area contributed by atoms with E-state index in [0.717, 1.165) is 19.4 Å². The van der Waals surface area contributed by atoms with Crippen molar-refractivity contribution in [3.8, 4) is 0 Å². The molecule has 0 saturated carbocycles. The van der Waals surface area contributed by atoms with Gasteiger partial charge >= 0.3 is 0 Å². The van der Waals surface area contributed by atoms with Crippen molar-refractivity contribution < 1.29 is 9.59 Å². The first-order chi connectivity index (χ1) is 13.1. The normalized spacial score (nSPS) is 15.4. The lowest BCUT2D eigenvalue weighted by molar-refractivity contribution is -0.122. The van der Waals surface area contributed by atoms with Crippen molar-refractivity contribution in [1.29, 1.82) is 0 Å². The van der Waals surface area contributed by atoms with Crippen molar-refractivity contribution in [1.82, 2.24) is 15.1 Å². The van der Waals surface area contributed by atoms with Crippen LogP contribution in [-0.4, -0.2) is 60.9 Å². The molecule has 0 aliphatic carbocycles. The van der Waals surface area contributed by atoms with Gasteiger partial charge in [0.15, 0.2) is 0 Å². The fourth-order valence-electron chi connectivity index (χ4n) is 3.17. The summed E-state index contributed by atoms with van der Waals surface area (Å²) in [6.45, 7) is 3.83. The number of halogens is 1. The van der Waals surface area contributed by atoms with Gasteiger partial charge in [0, 0.05) is 32.7 Å². The lowest BCUT2D eigenvalue weighted by Gasteiger charge is -2.21. The van der Waals surface area contributed by atoms with Crippen molar-refractivity contribution in [3.05, 3.63) is 57.2 Å². The maximum absolute atomic E-state index is 12.6. The Hall–Kier alpha value is -1.89. The third kappa shape index (κ3) is 5.79. The second kappa shape index (κ2) is 9.88. The van der Waals surface area contributed by atoms with E-state index in [2.05, 4.69) is 22.3 Å². The van der Waals surface area contributed by atoms with Crippen LogP contribution in [0.5, 0.6) is 0 Å². The van der Waals surface area contributed by atoms with E-state index in [-0.39, 0.29) is 11.8 Å². The fraction of sp³-hybridized carbons (Fsp3) is 0.400. The summed E-state index contributed by atoms with van der Waals surface area (Å²) in [5.41, 5.74) is 1.22. The second-order valence-electron chi connectivity index (χ2n) is 6.61. The number of thiophene rings is 1. The molecule has 2 amide bonds. The molecule has 27 heavy (non-hydrogen) atoms. The van der Waals surface area contributed by atoms with Gasteiger partial charge in [-0.3, -0.25) is 14.5 Å². The summed E-state index contributed by atoms with van der Waals surface area (Å²) in [5.74, 6) is 0.0242. The number of rotatable bonds is 6. The molecular weight excluding hydrogens is 382 g/mol. The van der Waals surface area contributed by atoms with Gasteiger partial charge in [-0.05, 0) is 29.9 Å². The molecule has 1 saturated heterocycles. The first-order valence-corrected chi connectivity index (χ1v) is 10.4. The van der Waals surface area contributed by atoms with E-state index >= 15 is 0 Å². The zero-order valence-electron chi connectivity index (χ0n) is 15.2. The highest BCUT2D eigenvalue weighted by Crippen LogP contribution is 2.24.